The number of amidine groups is 1. The second-order valence-corrected chi connectivity index (χ2v) is 11.5. The van der Waals surface area contributed by atoms with Gasteiger partial charge in [-0.2, -0.15) is 26.3 Å². The molecule has 0 spiro atoms. The predicted molar refractivity (Wildman–Crippen MR) is 140 cm³/mol. The van der Waals surface area contributed by atoms with Crippen LogP contribution in [0.15, 0.2) is 34.2 Å². The first-order valence-electron chi connectivity index (χ1n) is 12.5. The number of hydrogen-bond donors (Lipinski definition) is 1. The van der Waals surface area contributed by atoms with Crippen LogP contribution in [0.4, 0.5) is 31.1 Å². The Hall–Kier alpha value is -2.58. The molecule has 2 aliphatic rings. The fourth-order valence-corrected chi connectivity index (χ4v) is 5.23. The van der Waals surface area contributed by atoms with Gasteiger partial charge in [0.25, 0.3) is 5.24 Å². The Bertz CT molecular complexity index is 1170. The molecule has 7 nitrogen and oxygen atoms in total. The molecule has 1 atom stereocenters. The maximum atomic E-state index is 13.5. The van der Waals surface area contributed by atoms with Gasteiger partial charge in [0.2, 0.25) is 5.91 Å². The number of carbonyl (C=O) groups excluding carboxylic acids is 2. The van der Waals surface area contributed by atoms with Gasteiger partial charge in [-0.05, 0) is 75.2 Å². The van der Waals surface area contributed by atoms with Gasteiger partial charge in [0, 0.05) is 27.7 Å². The topological polar surface area (TPSA) is 74.2 Å². The zero-order valence-electron chi connectivity index (χ0n) is 22.7. The van der Waals surface area contributed by atoms with Crippen molar-refractivity contribution in [3.8, 4) is 0 Å². The number of hydrogen-bond acceptors (Lipinski definition) is 6. The van der Waals surface area contributed by atoms with Gasteiger partial charge in [-0.3, -0.25) is 19.5 Å². The van der Waals surface area contributed by atoms with Crippen LogP contribution in [-0.2, 0) is 28.4 Å². The largest absolute Gasteiger partial charge is 0.416 e. The lowest BCUT2D eigenvalue weighted by Gasteiger charge is -2.32. The van der Waals surface area contributed by atoms with E-state index in [4.69, 9.17) is 4.74 Å². The Morgan fingerprint density at radius 1 is 1.18 bits per heavy atom. The third-order valence-corrected chi connectivity index (χ3v) is 7.77. The van der Waals surface area contributed by atoms with Crippen molar-refractivity contribution in [1.82, 2.24) is 15.1 Å². The van der Waals surface area contributed by atoms with Gasteiger partial charge in [0.15, 0.2) is 6.04 Å². The van der Waals surface area contributed by atoms with Crippen molar-refractivity contribution in [2.45, 2.75) is 57.2 Å². The molecule has 0 saturated carbocycles. The molecule has 40 heavy (non-hydrogen) atoms. The molecule has 0 radical (unpaired) electrons. The molecule has 0 aliphatic carbocycles. The third kappa shape index (κ3) is 7.78. The number of alkyl halides is 6. The van der Waals surface area contributed by atoms with E-state index in [1.807, 2.05) is 6.08 Å². The number of rotatable bonds is 7. The summed E-state index contributed by atoms with van der Waals surface area (Å²) in [6, 6.07) is 0.789. The highest BCUT2D eigenvalue weighted by Crippen LogP contribution is 2.38. The van der Waals surface area contributed by atoms with Crippen LogP contribution in [0.2, 0.25) is 0 Å². The molecule has 0 aromatic heterocycles. The minimum Gasteiger partial charge on any atom is -0.376 e. The highest BCUT2D eigenvalue weighted by molar-refractivity contribution is 8.18. The fourth-order valence-electron chi connectivity index (χ4n) is 4.42. The second-order valence-electron chi connectivity index (χ2n) is 10.4. The van der Waals surface area contributed by atoms with E-state index in [1.54, 1.807) is 32.8 Å². The molecule has 3 rings (SSSR count). The summed E-state index contributed by atoms with van der Waals surface area (Å²) in [5.74, 6) is -0.0771. The molecule has 1 aromatic rings. The Balaban J connectivity index is 1.75. The van der Waals surface area contributed by atoms with E-state index in [2.05, 4.69) is 10.3 Å². The quantitative estimate of drug-likeness (QED) is 0.419. The highest BCUT2D eigenvalue weighted by Gasteiger charge is 2.40. The first-order valence-corrected chi connectivity index (χ1v) is 13.3. The lowest BCUT2D eigenvalue weighted by Crippen LogP contribution is -2.48. The number of nitrogens with one attached hydrogen (secondary N) is 1. The van der Waals surface area contributed by atoms with Crippen LogP contribution >= 0.6 is 11.8 Å². The first-order chi connectivity index (χ1) is 18.4. The van der Waals surface area contributed by atoms with E-state index in [0.29, 0.717) is 36.9 Å². The van der Waals surface area contributed by atoms with Gasteiger partial charge in [0.1, 0.15) is 5.84 Å². The van der Waals surface area contributed by atoms with Crippen molar-refractivity contribution < 1.29 is 40.7 Å². The van der Waals surface area contributed by atoms with E-state index in [1.165, 1.54) is 12.0 Å². The number of halogens is 6. The number of aliphatic imine (C=N–C) groups is 1. The molecule has 2 aliphatic heterocycles. The van der Waals surface area contributed by atoms with Gasteiger partial charge in [-0.25, -0.2) is 0 Å². The van der Waals surface area contributed by atoms with Gasteiger partial charge in [0.05, 0.1) is 21.6 Å². The second kappa shape index (κ2) is 12.1. The molecule has 222 valence electrons. The lowest BCUT2D eigenvalue weighted by atomic mass is 9.95. The molecule has 2 heterocycles. The van der Waals surface area contributed by atoms with Crippen LogP contribution < -0.4 is 5.32 Å². The number of amides is 2. The zero-order valence-corrected chi connectivity index (χ0v) is 23.6. The zero-order chi connectivity index (χ0) is 30.0. The van der Waals surface area contributed by atoms with Gasteiger partial charge in [-0.15, -0.1) is 0 Å². The Morgan fingerprint density at radius 2 is 1.80 bits per heavy atom. The van der Waals surface area contributed by atoms with Crippen molar-refractivity contribution in [2.24, 2.45) is 10.9 Å². The van der Waals surface area contributed by atoms with E-state index in [0.717, 1.165) is 17.8 Å². The van der Waals surface area contributed by atoms with Crippen molar-refractivity contribution in [3.05, 3.63) is 45.9 Å². The molecule has 2 fully saturated rings. The number of carbonyl (C=O) groups is 2. The standard InChI is InChI=1S/C26H32F6N4O3S/c1-24(2,39-5)20(22(37)35(3)4)33-21-19(40-23(38)34-21)12-15-8-10-36(11-9-15)14-16-6-7-17(25(27,28)29)13-18(16)26(30,31)32/h6-7,12-13,15,20H,8-11,14H2,1-5H3,(H,33,34,38)/t20-/m1/s1. The van der Waals surface area contributed by atoms with E-state index in [-0.39, 0.29) is 41.1 Å². The van der Waals surface area contributed by atoms with Gasteiger partial charge in [-0.1, -0.05) is 12.1 Å². The summed E-state index contributed by atoms with van der Waals surface area (Å²) >= 11 is 0.943. The Kier molecular flexibility index (Phi) is 9.67. The summed E-state index contributed by atoms with van der Waals surface area (Å²) in [4.78, 5) is 33.3. The minimum absolute atomic E-state index is 0.0234. The number of nitrogens with zero attached hydrogens (tertiary/aromatic N) is 3. The Labute approximate surface area is 233 Å². The van der Waals surface area contributed by atoms with E-state index >= 15 is 0 Å². The third-order valence-electron chi connectivity index (χ3n) is 6.93. The average Bonchev–Trinajstić information content (AvgIpc) is 3.20. The van der Waals surface area contributed by atoms with Crippen molar-refractivity contribution >= 4 is 28.7 Å². The number of allylic oxidation sites excluding steroid dienone is 1. The van der Waals surface area contributed by atoms with Crippen molar-refractivity contribution in [1.29, 1.82) is 0 Å². The molecule has 1 N–H and O–H groups in total. The van der Waals surface area contributed by atoms with Gasteiger partial charge < -0.3 is 15.0 Å². The van der Waals surface area contributed by atoms with Crippen LogP contribution in [0.3, 0.4) is 0 Å². The monoisotopic (exact) mass is 594 g/mol. The summed E-state index contributed by atoms with van der Waals surface area (Å²) in [6.45, 7) is 4.10. The van der Waals surface area contributed by atoms with Crippen LogP contribution in [0.1, 0.15) is 43.4 Å². The van der Waals surface area contributed by atoms with Crippen molar-refractivity contribution in [2.75, 3.05) is 34.3 Å². The molecule has 2 saturated heterocycles. The number of benzene rings is 1. The van der Waals surface area contributed by atoms with Crippen LogP contribution in [0.25, 0.3) is 0 Å². The molecule has 0 bridgehead atoms. The maximum Gasteiger partial charge on any atom is 0.416 e. The first kappa shape index (κ1) is 31.9. The Morgan fingerprint density at radius 3 is 2.33 bits per heavy atom. The number of ether oxygens (including phenoxy) is 1. The SMILES string of the molecule is COC(C)(C)[C@H](N=C1NC(=O)SC1=CC1CCN(Cc2ccc(C(F)(F)F)cc2C(F)(F)F)CC1)C(=O)N(C)C. The van der Waals surface area contributed by atoms with E-state index in [9.17, 15) is 35.9 Å². The van der Waals surface area contributed by atoms with Crippen LogP contribution in [-0.4, -0.2) is 72.7 Å². The summed E-state index contributed by atoms with van der Waals surface area (Å²) in [7, 11) is 4.65. The summed E-state index contributed by atoms with van der Waals surface area (Å²) in [5.41, 5.74) is -3.81. The van der Waals surface area contributed by atoms with Crippen molar-refractivity contribution in [3.63, 3.8) is 0 Å². The number of methoxy groups -OCH3 is 1. The van der Waals surface area contributed by atoms with Gasteiger partial charge >= 0.3 is 12.4 Å². The predicted octanol–water partition coefficient (Wildman–Crippen LogP) is 5.56. The summed E-state index contributed by atoms with van der Waals surface area (Å²) in [5, 5.41) is 2.32. The number of thioether (sulfide) groups is 1. The molecule has 1 aromatic carbocycles. The smallest absolute Gasteiger partial charge is 0.376 e. The summed E-state index contributed by atoms with van der Waals surface area (Å²) in [6.07, 6.45) is -6.82. The van der Waals surface area contributed by atoms with Crippen LogP contribution in [0.5, 0.6) is 0 Å². The maximum absolute atomic E-state index is 13.5. The molecule has 2 amide bonds. The minimum atomic E-state index is -4.92. The molecular formula is C26H32F6N4O3S. The summed E-state index contributed by atoms with van der Waals surface area (Å²) < 4.78 is 85.0. The molecule has 0 unspecified atom stereocenters. The fraction of sp³-hybridized carbons (Fsp3) is 0.577. The molecule has 14 heteroatoms. The van der Waals surface area contributed by atoms with Crippen LogP contribution in [0, 0.1) is 5.92 Å². The lowest BCUT2D eigenvalue weighted by molar-refractivity contribution is -0.143. The highest BCUT2D eigenvalue weighted by atomic mass is 32.2. The average molecular weight is 595 g/mol. The molecular weight excluding hydrogens is 562 g/mol. The normalized spacial score (nSPS) is 20.7. The van der Waals surface area contributed by atoms with E-state index < -0.39 is 35.1 Å². The number of likely N-dealkylation sites (tertiary alicyclic amines) is 1. The number of piperidine rings is 1. The number of likely N-dealkylation sites (N-methyl/N-ethyl adjacent to an activating group) is 1.